The van der Waals surface area contributed by atoms with Crippen molar-refractivity contribution in [1.82, 2.24) is 4.31 Å². The highest BCUT2D eigenvalue weighted by Crippen LogP contribution is 2.26. The van der Waals surface area contributed by atoms with Gasteiger partial charge in [0, 0.05) is 11.0 Å². The molecule has 1 saturated heterocycles. The molecule has 1 aromatic carbocycles. The fourth-order valence-corrected chi connectivity index (χ4v) is 4.19. The van der Waals surface area contributed by atoms with E-state index in [0.29, 0.717) is 23.7 Å². The Bertz CT molecular complexity index is 529. The monoisotopic (exact) mass is 317 g/mol. The zero-order valence-electron chi connectivity index (χ0n) is 9.04. The molecule has 0 aliphatic carbocycles. The van der Waals surface area contributed by atoms with Crippen LogP contribution in [0.25, 0.3) is 0 Å². The summed E-state index contributed by atoms with van der Waals surface area (Å²) < 4.78 is 26.6. The average Bonchev–Trinajstić information content (AvgIpc) is 2.77. The molecule has 1 atom stereocenters. The van der Waals surface area contributed by atoms with Gasteiger partial charge in [-0.1, -0.05) is 22.0 Å². The summed E-state index contributed by atoms with van der Waals surface area (Å²) in [5, 5.41) is 0. The molecule has 4 nitrogen and oxygen atoms in total. The van der Waals surface area contributed by atoms with Gasteiger partial charge in [-0.25, -0.2) is 8.42 Å². The van der Waals surface area contributed by atoms with Crippen LogP contribution >= 0.6 is 15.9 Å². The Morgan fingerprint density at radius 1 is 1.41 bits per heavy atom. The molecule has 0 N–H and O–H groups in total. The quantitative estimate of drug-likeness (QED) is 0.799. The van der Waals surface area contributed by atoms with Gasteiger partial charge in [-0.2, -0.15) is 4.31 Å². The highest BCUT2D eigenvalue weighted by atomic mass is 79.9. The molecule has 0 aromatic heterocycles. The second-order valence-electron chi connectivity index (χ2n) is 3.92. The van der Waals surface area contributed by atoms with Gasteiger partial charge >= 0.3 is 0 Å². The van der Waals surface area contributed by atoms with Gasteiger partial charge in [0.2, 0.25) is 10.0 Å². The molecule has 0 unspecified atom stereocenters. The van der Waals surface area contributed by atoms with Crippen molar-refractivity contribution in [3.63, 3.8) is 0 Å². The third-order valence-corrected chi connectivity index (χ3v) is 5.22. The summed E-state index contributed by atoms with van der Waals surface area (Å²) in [4.78, 5) is 11.1. The van der Waals surface area contributed by atoms with Crippen molar-refractivity contribution in [1.29, 1.82) is 0 Å². The molecule has 1 fully saturated rings. The summed E-state index contributed by atoms with van der Waals surface area (Å²) in [5.41, 5.74) is 0. The van der Waals surface area contributed by atoms with Crippen LogP contribution in [0.3, 0.4) is 0 Å². The fourth-order valence-electron chi connectivity index (χ4n) is 1.96. The Morgan fingerprint density at radius 3 is 2.82 bits per heavy atom. The first-order valence-corrected chi connectivity index (χ1v) is 7.52. The van der Waals surface area contributed by atoms with E-state index in [-0.39, 0.29) is 4.90 Å². The topological polar surface area (TPSA) is 54.5 Å². The molecule has 1 heterocycles. The molecule has 2 rings (SSSR count). The van der Waals surface area contributed by atoms with Crippen molar-refractivity contribution >= 4 is 32.2 Å². The number of hydrogen-bond acceptors (Lipinski definition) is 3. The fraction of sp³-hybridized carbons (Fsp3) is 0.364. The highest BCUT2D eigenvalue weighted by molar-refractivity contribution is 9.10. The summed E-state index contributed by atoms with van der Waals surface area (Å²) >= 11 is 3.24. The van der Waals surface area contributed by atoms with Crippen LogP contribution < -0.4 is 0 Å². The minimum Gasteiger partial charge on any atom is -0.302 e. The van der Waals surface area contributed by atoms with Gasteiger partial charge in [-0.05, 0) is 31.0 Å². The van der Waals surface area contributed by atoms with E-state index in [4.69, 9.17) is 0 Å². The van der Waals surface area contributed by atoms with Crippen molar-refractivity contribution in [2.45, 2.75) is 23.8 Å². The molecule has 0 radical (unpaired) electrons. The van der Waals surface area contributed by atoms with Crippen molar-refractivity contribution < 1.29 is 13.2 Å². The lowest BCUT2D eigenvalue weighted by atomic mass is 10.2. The molecule has 17 heavy (non-hydrogen) atoms. The second kappa shape index (κ2) is 4.88. The summed E-state index contributed by atoms with van der Waals surface area (Å²) in [7, 11) is -3.55. The normalized spacial score (nSPS) is 21.6. The molecule has 0 amide bonds. The van der Waals surface area contributed by atoms with Crippen LogP contribution in [0, 0.1) is 0 Å². The SMILES string of the molecule is O=C[C@@H]1CCCN1S(=O)(=O)c1cccc(Br)c1. The van der Waals surface area contributed by atoms with Crippen LogP contribution in [0.4, 0.5) is 0 Å². The lowest BCUT2D eigenvalue weighted by Crippen LogP contribution is -2.36. The van der Waals surface area contributed by atoms with Gasteiger partial charge in [0.25, 0.3) is 0 Å². The van der Waals surface area contributed by atoms with E-state index in [1.807, 2.05) is 0 Å². The number of nitrogens with zero attached hydrogens (tertiary/aromatic N) is 1. The van der Waals surface area contributed by atoms with E-state index in [1.165, 1.54) is 4.31 Å². The molecule has 92 valence electrons. The van der Waals surface area contributed by atoms with Crippen LogP contribution in [-0.4, -0.2) is 31.6 Å². The molecule has 0 spiro atoms. The Kier molecular flexibility index (Phi) is 3.65. The zero-order chi connectivity index (χ0) is 12.5. The van der Waals surface area contributed by atoms with Crippen molar-refractivity contribution in [2.75, 3.05) is 6.54 Å². The number of carbonyl (C=O) groups is 1. The number of hydrogen-bond donors (Lipinski definition) is 0. The summed E-state index contributed by atoms with van der Waals surface area (Å²) in [5.74, 6) is 0. The van der Waals surface area contributed by atoms with Crippen LogP contribution in [0.2, 0.25) is 0 Å². The minimum absolute atomic E-state index is 0.223. The molecule has 0 saturated carbocycles. The van der Waals surface area contributed by atoms with E-state index in [2.05, 4.69) is 15.9 Å². The average molecular weight is 318 g/mol. The number of carbonyl (C=O) groups excluding carboxylic acids is 1. The van der Waals surface area contributed by atoms with Gasteiger partial charge in [0.1, 0.15) is 6.29 Å². The summed E-state index contributed by atoms with van der Waals surface area (Å²) in [6.07, 6.45) is 2.05. The first-order valence-electron chi connectivity index (χ1n) is 5.28. The molecule has 1 aliphatic heterocycles. The van der Waals surface area contributed by atoms with E-state index < -0.39 is 16.1 Å². The molecule has 1 aromatic rings. The largest absolute Gasteiger partial charge is 0.302 e. The second-order valence-corrected chi connectivity index (χ2v) is 6.73. The van der Waals surface area contributed by atoms with Crippen LogP contribution in [0.5, 0.6) is 0 Å². The molecular weight excluding hydrogens is 306 g/mol. The molecule has 1 aliphatic rings. The minimum atomic E-state index is -3.55. The van der Waals surface area contributed by atoms with Crippen molar-refractivity contribution in [2.24, 2.45) is 0 Å². The summed E-state index contributed by atoms with van der Waals surface area (Å²) in [6, 6.07) is 6.01. The Labute approximate surface area is 109 Å². The number of rotatable bonds is 3. The summed E-state index contributed by atoms with van der Waals surface area (Å²) in [6.45, 7) is 0.415. The first kappa shape index (κ1) is 12.7. The number of halogens is 1. The van der Waals surface area contributed by atoms with E-state index in [9.17, 15) is 13.2 Å². The van der Waals surface area contributed by atoms with Crippen LogP contribution in [-0.2, 0) is 14.8 Å². The molecular formula is C11H12BrNO3S. The lowest BCUT2D eigenvalue weighted by Gasteiger charge is -2.19. The van der Waals surface area contributed by atoms with Gasteiger partial charge in [0.15, 0.2) is 0 Å². The predicted octanol–water partition coefficient (Wildman–Crippen LogP) is 1.80. The number of aldehydes is 1. The first-order chi connectivity index (χ1) is 8.05. The Balaban J connectivity index is 2.39. The van der Waals surface area contributed by atoms with Crippen molar-refractivity contribution in [3.8, 4) is 0 Å². The molecule has 0 bridgehead atoms. The maximum Gasteiger partial charge on any atom is 0.243 e. The van der Waals surface area contributed by atoms with Crippen LogP contribution in [0.1, 0.15) is 12.8 Å². The van der Waals surface area contributed by atoms with Gasteiger partial charge in [0.05, 0.1) is 10.9 Å². The molecule has 6 heteroatoms. The Morgan fingerprint density at radius 2 is 2.18 bits per heavy atom. The van der Waals surface area contributed by atoms with E-state index in [1.54, 1.807) is 24.3 Å². The number of sulfonamides is 1. The van der Waals surface area contributed by atoms with E-state index >= 15 is 0 Å². The van der Waals surface area contributed by atoms with Crippen LogP contribution in [0.15, 0.2) is 33.6 Å². The standard InChI is InChI=1S/C11H12BrNO3S/c12-9-3-1-5-11(7-9)17(15,16)13-6-2-4-10(13)8-14/h1,3,5,7-8,10H,2,4,6H2/t10-/m0/s1. The van der Waals surface area contributed by atoms with E-state index in [0.717, 1.165) is 6.42 Å². The smallest absolute Gasteiger partial charge is 0.243 e. The lowest BCUT2D eigenvalue weighted by molar-refractivity contribution is -0.110. The van der Waals surface area contributed by atoms with Crippen molar-refractivity contribution in [3.05, 3.63) is 28.7 Å². The zero-order valence-corrected chi connectivity index (χ0v) is 11.4. The van der Waals surface area contributed by atoms with Gasteiger partial charge < -0.3 is 4.79 Å². The maximum atomic E-state index is 12.3. The van der Waals surface area contributed by atoms with Gasteiger partial charge in [-0.15, -0.1) is 0 Å². The highest BCUT2D eigenvalue weighted by Gasteiger charge is 2.34. The maximum absolute atomic E-state index is 12.3. The number of benzene rings is 1. The Hall–Kier alpha value is -0.720. The van der Waals surface area contributed by atoms with Gasteiger partial charge in [-0.3, -0.25) is 0 Å². The third kappa shape index (κ3) is 2.43. The predicted molar refractivity (Wildman–Crippen MR) is 67.1 cm³/mol. The third-order valence-electron chi connectivity index (χ3n) is 2.81.